The smallest absolute Gasteiger partial charge is 0.264 e. The molecule has 0 aliphatic carbocycles. The van der Waals surface area contributed by atoms with Crippen molar-refractivity contribution in [2.45, 2.75) is 6.92 Å². The average Bonchev–Trinajstić information content (AvgIpc) is 2.93. The number of hydrogen-bond donors (Lipinski definition) is 2. The van der Waals surface area contributed by atoms with Crippen LogP contribution in [0, 0.1) is 6.92 Å². The van der Waals surface area contributed by atoms with Crippen molar-refractivity contribution in [2.75, 3.05) is 50.6 Å². The van der Waals surface area contributed by atoms with Crippen molar-refractivity contribution in [3.05, 3.63) is 83.4 Å². The molecular weight excluding hydrogens is 488 g/mol. The lowest BCUT2D eigenvalue weighted by molar-refractivity contribution is 0.0746. The molecular formula is C28H30N4O4S. The Labute approximate surface area is 222 Å². The number of nitrogens with zero attached hydrogens (tertiary/aromatic N) is 2. The van der Waals surface area contributed by atoms with E-state index in [2.05, 4.69) is 15.5 Å². The molecule has 0 saturated carbocycles. The number of thiocarbonyl (C=S) groups is 1. The van der Waals surface area contributed by atoms with Crippen molar-refractivity contribution in [3.8, 4) is 11.5 Å². The van der Waals surface area contributed by atoms with E-state index in [1.54, 1.807) is 18.2 Å². The Balaban J connectivity index is 1.31. The van der Waals surface area contributed by atoms with Crippen LogP contribution in [-0.4, -0.2) is 62.2 Å². The molecule has 1 aliphatic heterocycles. The van der Waals surface area contributed by atoms with E-state index in [1.807, 2.05) is 60.4 Å². The van der Waals surface area contributed by atoms with Crippen molar-refractivity contribution in [1.82, 2.24) is 10.2 Å². The molecule has 1 fully saturated rings. The monoisotopic (exact) mass is 518 g/mol. The van der Waals surface area contributed by atoms with Gasteiger partial charge in [-0.1, -0.05) is 23.8 Å². The minimum absolute atomic E-state index is 0.0699. The fourth-order valence-electron chi connectivity index (χ4n) is 4.20. The summed E-state index contributed by atoms with van der Waals surface area (Å²) < 4.78 is 10.6. The molecule has 0 spiro atoms. The van der Waals surface area contributed by atoms with Crippen LogP contribution in [0.5, 0.6) is 11.5 Å². The molecule has 192 valence electrons. The van der Waals surface area contributed by atoms with E-state index >= 15 is 0 Å². The highest BCUT2D eigenvalue weighted by atomic mass is 32.1. The van der Waals surface area contributed by atoms with Gasteiger partial charge >= 0.3 is 0 Å². The van der Waals surface area contributed by atoms with Crippen LogP contribution in [0.25, 0.3) is 0 Å². The fraction of sp³-hybridized carbons (Fsp3) is 0.250. The Morgan fingerprint density at radius 2 is 1.43 bits per heavy atom. The highest BCUT2D eigenvalue weighted by Crippen LogP contribution is 2.28. The number of carbonyl (C=O) groups is 2. The molecule has 2 amide bonds. The number of amides is 2. The zero-order valence-corrected chi connectivity index (χ0v) is 21.9. The van der Waals surface area contributed by atoms with Gasteiger partial charge in [0.05, 0.1) is 14.2 Å². The van der Waals surface area contributed by atoms with Gasteiger partial charge < -0.3 is 24.6 Å². The van der Waals surface area contributed by atoms with E-state index in [0.29, 0.717) is 24.6 Å². The maximum Gasteiger partial charge on any atom is 0.264 e. The largest absolute Gasteiger partial charge is 0.496 e. The summed E-state index contributed by atoms with van der Waals surface area (Å²) in [6.45, 7) is 4.83. The number of carbonyl (C=O) groups excluding carboxylic acids is 2. The number of piperazine rings is 1. The standard InChI is InChI=1S/C28H30N4O4S/c1-19-7-9-20(10-8-19)27(34)32-17-15-31(16-18-32)22-13-11-21(12-14-22)29-28(37)30-26(33)25-23(35-2)5-4-6-24(25)36-3/h4-14H,15-18H2,1-3H3,(H2,29,30,33,37). The summed E-state index contributed by atoms with van der Waals surface area (Å²) in [6.07, 6.45) is 0. The SMILES string of the molecule is COc1cccc(OC)c1C(=O)NC(=S)Nc1ccc(N2CCN(C(=O)c3ccc(C)cc3)CC2)cc1. The van der Waals surface area contributed by atoms with Crippen LogP contribution in [-0.2, 0) is 0 Å². The Hall–Kier alpha value is -4.11. The first-order valence-electron chi connectivity index (χ1n) is 11.9. The second kappa shape index (κ2) is 11.7. The lowest BCUT2D eigenvalue weighted by atomic mass is 10.1. The molecule has 1 aliphatic rings. The zero-order valence-electron chi connectivity index (χ0n) is 21.1. The number of anilines is 2. The number of hydrogen-bond acceptors (Lipinski definition) is 6. The highest BCUT2D eigenvalue weighted by molar-refractivity contribution is 7.80. The summed E-state index contributed by atoms with van der Waals surface area (Å²) in [7, 11) is 2.98. The van der Waals surface area contributed by atoms with Gasteiger partial charge in [-0.15, -0.1) is 0 Å². The first kappa shape index (κ1) is 26.0. The second-order valence-electron chi connectivity index (χ2n) is 8.64. The number of benzene rings is 3. The van der Waals surface area contributed by atoms with Gasteiger partial charge in [0.2, 0.25) is 0 Å². The molecule has 4 rings (SSSR count). The normalized spacial score (nSPS) is 13.1. The predicted octanol–water partition coefficient (Wildman–Crippen LogP) is 4.10. The van der Waals surface area contributed by atoms with Gasteiger partial charge in [0.25, 0.3) is 11.8 Å². The molecule has 0 aromatic heterocycles. The van der Waals surface area contributed by atoms with Gasteiger partial charge in [0, 0.05) is 43.1 Å². The molecule has 8 nitrogen and oxygen atoms in total. The number of aryl methyl sites for hydroxylation is 1. The van der Waals surface area contributed by atoms with Gasteiger partial charge in [-0.25, -0.2) is 0 Å². The van der Waals surface area contributed by atoms with Crippen LogP contribution in [0.15, 0.2) is 66.7 Å². The number of ether oxygens (including phenoxy) is 2. The summed E-state index contributed by atoms with van der Waals surface area (Å²) in [4.78, 5) is 29.7. The lowest BCUT2D eigenvalue weighted by Crippen LogP contribution is -2.48. The molecule has 0 radical (unpaired) electrons. The molecule has 3 aromatic carbocycles. The maximum absolute atomic E-state index is 12.8. The van der Waals surface area contributed by atoms with Gasteiger partial charge in [0.15, 0.2) is 5.11 Å². The van der Waals surface area contributed by atoms with Crippen LogP contribution in [0.1, 0.15) is 26.3 Å². The highest BCUT2D eigenvalue weighted by Gasteiger charge is 2.23. The molecule has 2 N–H and O–H groups in total. The first-order chi connectivity index (χ1) is 17.9. The van der Waals surface area contributed by atoms with Gasteiger partial charge in [-0.2, -0.15) is 0 Å². The van der Waals surface area contributed by atoms with E-state index in [4.69, 9.17) is 21.7 Å². The summed E-state index contributed by atoms with van der Waals surface area (Å²) >= 11 is 5.34. The van der Waals surface area contributed by atoms with Crippen LogP contribution < -0.4 is 25.0 Å². The second-order valence-corrected chi connectivity index (χ2v) is 9.05. The quantitative estimate of drug-likeness (QED) is 0.476. The third-order valence-electron chi connectivity index (χ3n) is 6.24. The van der Waals surface area contributed by atoms with E-state index in [-0.39, 0.29) is 16.6 Å². The van der Waals surface area contributed by atoms with Crippen LogP contribution in [0.2, 0.25) is 0 Å². The summed E-state index contributed by atoms with van der Waals surface area (Å²) in [5.74, 6) is 0.427. The van der Waals surface area contributed by atoms with Crippen molar-refractivity contribution in [2.24, 2.45) is 0 Å². The van der Waals surface area contributed by atoms with Crippen LogP contribution in [0.3, 0.4) is 0 Å². The minimum Gasteiger partial charge on any atom is -0.496 e. The molecule has 9 heteroatoms. The molecule has 3 aromatic rings. The zero-order chi connectivity index (χ0) is 26.4. The van der Waals surface area contributed by atoms with Crippen molar-refractivity contribution in [3.63, 3.8) is 0 Å². The van der Waals surface area contributed by atoms with E-state index < -0.39 is 5.91 Å². The molecule has 0 atom stereocenters. The summed E-state index contributed by atoms with van der Waals surface area (Å²) in [5.41, 5.74) is 3.93. The molecule has 0 unspecified atom stereocenters. The minimum atomic E-state index is -0.429. The topological polar surface area (TPSA) is 83.1 Å². The Morgan fingerprint density at radius 1 is 0.838 bits per heavy atom. The van der Waals surface area contributed by atoms with Gasteiger partial charge in [0.1, 0.15) is 17.1 Å². The van der Waals surface area contributed by atoms with E-state index in [9.17, 15) is 9.59 Å². The maximum atomic E-state index is 12.8. The number of nitrogens with one attached hydrogen (secondary N) is 2. The Morgan fingerprint density at radius 3 is 2.00 bits per heavy atom. The number of methoxy groups -OCH3 is 2. The fourth-order valence-corrected chi connectivity index (χ4v) is 4.42. The molecule has 0 bridgehead atoms. The molecule has 1 saturated heterocycles. The van der Waals surface area contributed by atoms with Crippen LogP contribution in [0.4, 0.5) is 11.4 Å². The third-order valence-corrected chi connectivity index (χ3v) is 6.44. The first-order valence-corrected chi connectivity index (χ1v) is 12.3. The number of rotatable bonds is 6. The summed E-state index contributed by atoms with van der Waals surface area (Å²) in [6, 6.07) is 20.6. The average molecular weight is 519 g/mol. The Kier molecular flexibility index (Phi) is 8.25. The third kappa shape index (κ3) is 6.18. The Bertz CT molecular complexity index is 1250. The van der Waals surface area contributed by atoms with E-state index in [0.717, 1.165) is 35.6 Å². The van der Waals surface area contributed by atoms with Crippen molar-refractivity contribution >= 4 is 40.5 Å². The molecule has 1 heterocycles. The lowest BCUT2D eigenvalue weighted by Gasteiger charge is -2.36. The van der Waals surface area contributed by atoms with Crippen molar-refractivity contribution in [1.29, 1.82) is 0 Å². The van der Waals surface area contributed by atoms with Crippen LogP contribution >= 0.6 is 12.2 Å². The van der Waals surface area contributed by atoms with E-state index in [1.165, 1.54) is 14.2 Å². The summed E-state index contributed by atoms with van der Waals surface area (Å²) in [5, 5.41) is 5.88. The molecule has 37 heavy (non-hydrogen) atoms. The predicted molar refractivity (Wildman–Crippen MR) is 149 cm³/mol. The van der Waals surface area contributed by atoms with Crippen molar-refractivity contribution < 1.29 is 19.1 Å². The van der Waals surface area contributed by atoms with Gasteiger partial charge in [-0.3, -0.25) is 14.9 Å². The van der Waals surface area contributed by atoms with Gasteiger partial charge in [-0.05, 0) is 67.7 Å².